The predicted molar refractivity (Wildman–Crippen MR) is 124 cm³/mol. The van der Waals surface area contributed by atoms with Crippen molar-refractivity contribution in [3.63, 3.8) is 0 Å². The lowest BCUT2D eigenvalue weighted by Crippen LogP contribution is -2.04. The van der Waals surface area contributed by atoms with Crippen LogP contribution in [0.3, 0.4) is 0 Å². The molecule has 33 heavy (non-hydrogen) atoms. The van der Waals surface area contributed by atoms with Gasteiger partial charge in [0.2, 0.25) is 0 Å². The van der Waals surface area contributed by atoms with E-state index >= 15 is 0 Å². The van der Waals surface area contributed by atoms with Crippen molar-refractivity contribution in [3.8, 4) is 22.7 Å². The number of carboxylic acids is 1. The lowest BCUT2D eigenvalue weighted by atomic mass is 10.1. The minimum atomic E-state index is -1.10. The second kappa shape index (κ2) is 9.25. The molecule has 0 bridgehead atoms. The number of hydrogen-bond donors (Lipinski definition) is 1. The van der Waals surface area contributed by atoms with Gasteiger partial charge in [-0.1, -0.05) is 23.2 Å². The van der Waals surface area contributed by atoms with E-state index in [0.29, 0.717) is 27.7 Å². The summed E-state index contributed by atoms with van der Waals surface area (Å²) in [4.78, 5) is 11.5. The third kappa shape index (κ3) is 4.87. The fourth-order valence-corrected chi connectivity index (χ4v) is 3.93. The van der Waals surface area contributed by atoms with E-state index in [4.69, 9.17) is 27.9 Å². The molecular formula is C25H17Cl2F2NO3. The quantitative estimate of drug-likeness (QED) is 0.310. The Labute approximate surface area is 198 Å². The highest BCUT2D eigenvalue weighted by Crippen LogP contribution is 2.36. The average molecular weight is 488 g/mol. The van der Waals surface area contributed by atoms with E-state index in [1.807, 2.05) is 23.6 Å². The second-order valence-corrected chi connectivity index (χ2v) is 8.24. The SMILES string of the molecule is Cc1ccc(-c2ccc(Cl)cc2OCc2ccc(F)cc2F)n1-c1cc(Cl)cc(C(=O)O)c1. The lowest BCUT2D eigenvalue weighted by molar-refractivity contribution is 0.0697. The molecular weight excluding hydrogens is 471 g/mol. The molecule has 168 valence electrons. The van der Waals surface area contributed by atoms with Gasteiger partial charge in [0.25, 0.3) is 0 Å². The Bertz CT molecular complexity index is 1370. The van der Waals surface area contributed by atoms with Gasteiger partial charge in [-0.25, -0.2) is 13.6 Å². The predicted octanol–water partition coefficient (Wildman–Crippen LogP) is 7.31. The van der Waals surface area contributed by atoms with Crippen LogP contribution in [0.2, 0.25) is 10.0 Å². The normalized spacial score (nSPS) is 10.9. The highest BCUT2D eigenvalue weighted by atomic mass is 35.5. The van der Waals surface area contributed by atoms with Crippen LogP contribution < -0.4 is 4.74 Å². The first-order valence-corrected chi connectivity index (χ1v) is 10.6. The van der Waals surface area contributed by atoms with E-state index < -0.39 is 17.6 Å². The minimum absolute atomic E-state index is 0.0518. The van der Waals surface area contributed by atoms with E-state index in [9.17, 15) is 18.7 Å². The molecule has 4 aromatic rings. The van der Waals surface area contributed by atoms with Gasteiger partial charge in [-0.15, -0.1) is 0 Å². The van der Waals surface area contributed by atoms with Gasteiger partial charge in [0.1, 0.15) is 24.0 Å². The number of aromatic nitrogens is 1. The molecule has 0 aliphatic carbocycles. The summed E-state index contributed by atoms with van der Waals surface area (Å²) in [6.07, 6.45) is 0. The standard InChI is InChI=1S/C25H17Cl2F2NO3/c1-14-2-7-23(30(14)20-9-16(25(31)32)8-18(27)10-20)21-6-4-17(26)11-24(21)33-13-15-3-5-19(28)12-22(15)29/h2-12H,13H2,1H3,(H,31,32). The number of benzene rings is 3. The summed E-state index contributed by atoms with van der Waals surface area (Å²) < 4.78 is 35.0. The molecule has 4 nitrogen and oxygen atoms in total. The van der Waals surface area contributed by atoms with E-state index in [1.165, 1.54) is 18.2 Å². The summed E-state index contributed by atoms with van der Waals surface area (Å²) in [5.41, 5.74) is 2.96. The number of nitrogens with zero attached hydrogens (tertiary/aromatic N) is 1. The van der Waals surface area contributed by atoms with Gasteiger partial charge in [-0.05, 0) is 67.6 Å². The fraction of sp³-hybridized carbons (Fsp3) is 0.0800. The fourth-order valence-electron chi connectivity index (χ4n) is 3.54. The van der Waals surface area contributed by atoms with Crippen molar-refractivity contribution < 1.29 is 23.4 Å². The van der Waals surface area contributed by atoms with Crippen LogP contribution in [0, 0.1) is 18.6 Å². The molecule has 0 saturated carbocycles. The largest absolute Gasteiger partial charge is 0.488 e. The zero-order valence-electron chi connectivity index (χ0n) is 17.3. The Balaban J connectivity index is 1.78. The third-order valence-corrected chi connectivity index (χ3v) is 5.53. The molecule has 0 amide bonds. The van der Waals surface area contributed by atoms with Crippen molar-refractivity contribution in [3.05, 3.63) is 105 Å². The molecule has 0 saturated heterocycles. The van der Waals surface area contributed by atoms with Gasteiger partial charge < -0.3 is 14.4 Å². The number of ether oxygens (including phenoxy) is 1. The number of carboxylic acid groups (broad SMARTS) is 1. The van der Waals surface area contributed by atoms with E-state index in [1.54, 1.807) is 24.3 Å². The number of aromatic carboxylic acids is 1. The van der Waals surface area contributed by atoms with Crippen LogP contribution in [-0.4, -0.2) is 15.6 Å². The molecule has 0 spiro atoms. The molecule has 0 aliphatic heterocycles. The van der Waals surface area contributed by atoms with E-state index in [0.717, 1.165) is 17.8 Å². The molecule has 8 heteroatoms. The van der Waals surface area contributed by atoms with Crippen LogP contribution in [0.25, 0.3) is 16.9 Å². The number of hydrogen-bond acceptors (Lipinski definition) is 2. The van der Waals surface area contributed by atoms with Gasteiger partial charge >= 0.3 is 5.97 Å². The Morgan fingerprint density at radius 3 is 2.48 bits per heavy atom. The Hall–Kier alpha value is -3.35. The summed E-state index contributed by atoms with van der Waals surface area (Å²) in [6, 6.07) is 16.6. The Morgan fingerprint density at radius 1 is 0.970 bits per heavy atom. The summed E-state index contributed by atoms with van der Waals surface area (Å²) in [6.45, 7) is 1.73. The second-order valence-electron chi connectivity index (χ2n) is 7.36. The summed E-state index contributed by atoms with van der Waals surface area (Å²) in [5, 5.41) is 10.1. The van der Waals surface area contributed by atoms with Crippen LogP contribution in [0.1, 0.15) is 21.6 Å². The highest BCUT2D eigenvalue weighted by Gasteiger charge is 2.17. The van der Waals surface area contributed by atoms with Crippen molar-refractivity contribution in [2.75, 3.05) is 0 Å². The lowest BCUT2D eigenvalue weighted by Gasteiger charge is -2.17. The maximum absolute atomic E-state index is 14.1. The molecule has 1 aromatic heterocycles. The number of halogens is 4. The Morgan fingerprint density at radius 2 is 1.76 bits per heavy atom. The molecule has 1 heterocycles. The monoisotopic (exact) mass is 487 g/mol. The van der Waals surface area contributed by atoms with Crippen molar-refractivity contribution in [1.82, 2.24) is 4.57 Å². The topological polar surface area (TPSA) is 51.5 Å². The maximum Gasteiger partial charge on any atom is 0.335 e. The first-order valence-electron chi connectivity index (χ1n) is 9.82. The molecule has 0 aliphatic rings. The zero-order valence-corrected chi connectivity index (χ0v) is 18.8. The van der Waals surface area contributed by atoms with Gasteiger partial charge in [0.05, 0.1) is 11.3 Å². The first-order chi connectivity index (χ1) is 15.7. The third-order valence-electron chi connectivity index (χ3n) is 5.08. The Kier molecular flexibility index (Phi) is 6.40. The van der Waals surface area contributed by atoms with E-state index in [2.05, 4.69) is 0 Å². The minimum Gasteiger partial charge on any atom is -0.488 e. The molecule has 0 unspecified atom stereocenters. The van der Waals surface area contributed by atoms with Gasteiger partial charge in [0.15, 0.2) is 0 Å². The van der Waals surface area contributed by atoms with Crippen molar-refractivity contribution >= 4 is 29.2 Å². The number of carbonyl (C=O) groups is 1. The smallest absolute Gasteiger partial charge is 0.335 e. The number of aryl methyl sites for hydroxylation is 1. The molecule has 1 N–H and O–H groups in total. The van der Waals surface area contributed by atoms with Crippen molar-refractivity contribution in [2.24, 2.45) is 0 Å². The van der Waals surface area contributed by atoms with Gasteiger partial charge in [-0.3, -0.25) is 0 Å². The average Bonchev–Trinajstić information content (AvgIpc) is 3.14. The number of rotatable bonds is 6. The van der Waals surface area contributed by atoms with Crippen molar-refractivity contribution in [2.45, 2.75) is 13.5 Å². The molecule has 0 radical (unpaired) electrons. The highest BCUT2D eigenvalue weighted by molar-refractivity contribution is 6.31. The summed E-state index contributed by atoms with van der Waals surface area (Å²) >= 11 is 12.4. The van der Waals surface area contributed by atoms with E-state index in [-0.39, 0.29) is 22.8 Å². The maximum atomic E-state index is 14.1. The van der Waals surface area contributed by atoms with Crippen LogP contribution in [-0.2, 0) is 6.61 Å². The molecule has 4 rings (SSSR count). The van der Waals surface area contributed by atoms with Crippen LogP contribution in [0.15, 0.2) is 66.7 Å². The summed E-state index contributed by atoms with van der Waals surface area (Å²) in [7, 11) is 0. The first kappa shape index (κ1) is 22.8. The zero-order chi connectivity index (χ0) is 23.7. The van der Waals surface area contributed by atoms with Crippen LogP contribution >= 0.6 is 23.2 Å². The van der Waals surface area contributed by atoms with Crippen LogP contribution in [0.5, 0.6) is 5.75 Å². The van der Waals surface area contributed by atoms with Gasteiger partial charge in [0, 0.05) is 38.6 Å². The molecule has 0 fully saturated rings. The van der Waals surface area contributed by atoms with Crippen molar-refractivity contribution in [1.29, 1.82) is 0 Å². The van der Waals surface area contributed by atoms with Crippen LogP contribution in [0.4, 0.5) is 8.78 Å². The summed E-state index contributed by atoms with van der Waals surface area (Å²) in [5.74, 6) is -2.10. The molecule has 0 atom stereocenters. The molecule has 3 aromatic carbocycles. The van der Waals surface area contributed by atoms with Gasteiger partial charge in [-0.2, -0.15) is 0 Å².